The molecular weight excluding hydrogens is 256 g/mol. The van der Waals surface area contributed by atoms with Gasteiger partial charge in [0, 0.05) is 19.6 Å². The van der Waals surface area contributed by atoms with Crippen molar-refractivity contribution in [2.75, 3.05) is 33.0 Å². The Balaban J connectivity index is 2.42. The number of nitrogens with zero attached hydrogens (tertiary/aromatic N) is 1. The highest BCUT2D eigenvalue weighted by molar-refractivity contribution is 7.89. The summed E-state index contributed by atoms with van der Waals surface area (Å²) in [6.07, 6.45) is 3.18. The Kier molecular flexibility index (Phi) is 6.04. The van der Waals surface area contributed by atoms with Gasteiger partial charge in [0.1, 0.15) is 0 Å². The zero-order chi connectivity index (χ0) is 13.6. The van der Waals surface area contributed by atoms with Gasteiger partial charge in [-0.15, -0.1) is 0 Å². The van der Waals surface area contributed by atoms with Gasteiger partial charge in [0.05, 0.1) is 19.3 Å². The lowest BCUT2D eigenvalue weighted by Gasteiger charge is -2.27. The van der Waals surface area contributed by atoms with Crippen LogP contribution >= 0.6 is 0 Å². The Hall–Kier alpha value is -0.660. The van der Waals surface area contributed by atoms with Gasteiger partial charge in [-0.3, -0.25) is 4.79 Å². The van der Waals surface area contributed by atoms with Gasteiger partial charge in [-0.2, -0.15) is 0 Å². The van der Waals surface area contributed by atoms with Crippen molar-refractivity contribution in [1.29, 1.82) is 0 Å². The largest absolute Gasteiger partial charge is 0.469 e. The molecule has 18 heavy (non-hydrogen) atoms. The topological polar surface area (TPSA) is 75.7 Å². The van der Waals surface area contributed by atoms with Crippen LogP contribution in [0.15, 0.2) is 0 Å². The monoisotopic (exact) mass is 278 g/mol. The zero-order valence-electron chi connectivity index (χ0n) is 11.0. The maximum Gasteiger partial charge on any atom is 0.306 e. The van der Waals surface area contributed by atoms with E-state index in [4.69, 9.17) is 0 Å². The second-order valence-electron chi connectivity index (χ2n) is 4.57. The summed E-state index contributed by atoms with van der Waals surface area (Å²) < 4.78 is 29.6. The van der Waals surface area contributed by atoms with Crippen molar-refractivity contribution >= 4 is 16.0 Å². The number of ether oxygens (including phenoxy) is 1. The summed E-state index contributed by atoms with van der Waals surface area (Å²) in [5.41, 5.74) is 0. The minimum Gasteiger partial charge on any atom is -0.469 e. The second kappa shape index (κ2) is 7.06. The highest BCUT2D eigenvalue weighted by atomic mass is 32.2. The fourth-order valence-corrected chi connectivity index (χ4v) is 3.12. The standard InChI is InChI=1S/C11H22N2O4S/c1-13(9-10-5-3-4-7-12-10)18(15,16)8-6-11(14)17-2/h10,12H,3-9H2,1-2H3. The minimum atomic E-state index is -3.37. The molecule has 1 unspecified atom stereocenters. The van der Waals surface area contributed by atoms with Crippen LogP contribution in [-0.4, -0.2) is 57.7 Å². The molecule has 1 aliphatic heterocycles. The van der Waals surface area contributed by atoms with E-state index in [-0.39, 0.29) is 18.2 Å². The molecule has 1 heterocycles. The molecule has 7 heteroatoms. The molecule has 1 atom stereocenters. The predicted octanol–water partition coefficient (Wildman–Crippen LogP) is -0.0468. The molecule has 1 fully saturated rings. The first-order valence-corrected chi connectivity index (χ1v) is 7.81. The Morgan fingerprint density at radius 2 is 2.17 bits per heavy atom. The molecular formula is C11H22N2O4S. The number of esters is 1. The lowest BCUT2D eigenvalue weighted by atomic mass is 10.1. The van der Waals surface area contributed by atoms with E-state index in [0.717, 1.165) is 25.8 Å². The third-order valence-corrected chi connectivity index (χ3v) is 4.98. The number of rotatable bonds is 6. The third-order valence-electron chi connectivity index (χ3n) is 3.16. The smallest absolute Gasteiger partial charge is 0.306 e. The molecule has 6 nitrogen and oxygen atoms in total. The maximum absolute atomic E-state index is 11.9. The van der Waals surface area contributed by atoms with Gasteiger partial charge < -0.3 is 10.1 Å². The normalized spacial score (nSPS) is 20.9. The molecule has 0 spiro atoms. The maximum atomic E-state index is 11.9. The van der Waals surface area contributed by atoms with E-state index in [1.54, 1.807) is 7.05 Å². The van der Waals surface area contributed by atoms with Gasteiger partial charge in [0.15, 0.2) is 0 Å². The molecule has 1 aliphatic rings. The van der Waals surface area contributed by atoms with E-state index in [0.29, 0.717) is 6.54 Å². The molecule has 0 aliphatic carbocycles. The number of methoxy groups -OCH3 is 1. The number of carbonyl (C=O) groups excluding carboxylic acids is 1. The lowest BCUT2D eigenvalue weighted by molar-refractivity contribution is -0.140. The van der Waals surface area contributed by atoms with Crippen LogP contribution in [0.1, 0.15) is 25.7 Å². The summed E-state index contributed by atoms with van der Waals surface area (Å²) in [7, 11) is -0.559. The fourth-order valence-electron chi connectivity index (χ4n) is 1.97. The van der Waals surface area contributed by atoms with Gasteiger partial charge in [-0.05, 0) is 19.4 Å². The number of sulfonamides is 1. The van der Waals surface area contributed by atoms with Crippen LogP contribution in [-0.2, 0) is 19.6 Å². The molecule has 0 bridgehead atoms. The van der Waals surface area contributed by atoms with Crippen molar-refractivity contribution < 1.29 is 17.9 Å². The van der Waals surface area contributed by atoms with Crippen molar-refractivity contribution in [3.05, 3.63) is 0 Å². The lowest BCUT2D eigenvalue weighted by Crippen LogP contribution is -2.44. The molecule has 1 N–H and O–H groups in total. The number of carbonyl (C=O) groups is 1. The van der Waals surface area contributed by atoms with Crippen molar-refractivity contribution in [3.63, 3.8) is 0 Å². The highest BCUT2D eigenvalue weighted by Crippen LogP contribution is 2.10. The molecule has 106 valence electrons. The predicted molar refractivity (Wildman–Crippen MR) is 68.7 cm³/mol. The van der Waals surface area contributed by atoms with Crippen LogP contribution in [0.4, 0.5) is 0 Å². The molecule has 1 saturated heterocycles. The summed E-state index contributed by atoms with van der Waals surface area (Å²) in [5, 5.41) is 3.30. The van der Waals surface area contributed by atoms with Crippen molar-refractivity contribution in [3.8, 4) is 0 Å². The zero-order valence-corrected chi connectivity index (χ0v) is 11.8. The first-order chi connectivity index (χ1) is 8.45. The van der Waals surface area contributed by atoms with Gasteiger partial charge in [0.25, 0.3) is 0 Å². The average Bonchev–Trinajstić information content (AvgIpc) is 2.37. The summed E-state index contributed by atoms with van der Waals surface area (Å²) in [5.74, 6) is -0.689. The van der Waals surface area contributed by atoms with E-state index >= 15 is 0 Å². The second-order valence-corrected chi connectivity index (χ2v) is 6.76. The van der Waals surface area contributed by atoms with E-state index in [1.807, 2.05) is 0 Å². The van der Waals surface area contributed by atoms with Crippen LogP contribution in [0, 0.1) is 0 Å². The summed E-state index contributed by atoms with van der Waals surface area (Å²) in [6, 6.07) is 0.219. The molecule has 0 aromatic heterocycles. The Morgan fingerprint density at radius 1 is 1.44 bits per heavy atom. The highest BCUT2D eigenvalue weighted by Gasteiger charge is 2.23. The first kappa shape index (κ1) is 15.4. The van der Waals surface area contributed by atoms with Crippen molar-refractivity contribution in [1.82, 2.24) is 9.62 Å². The Bertz CT molecular complexity index is 363. The van der Waals surface area contributed by atoms with E-state index in [1.165, 1.54) is 11.4 Å². The van der Waals surface area contributed by atoms with Crippen LogP contribution in [0.25, 0.3) is 0 Å². The minimum absolute atomic E-state index is 0.0960. The SMILES string of the molecule is COC(=O)CCS(=O)(=O)N(C)CC1CCCCN1. The van der Waals surface area contributed by atoms with E-state index < -0.39 is 16.0 Å². The molecule has 1 rings (SSSR count). The summed E-state index contributed by atoms with van der Waals surface area (Å²) >= 11 is 0. The Morgan fingerprint density at radius 3 is 2.72 bits per heavy atom. The number of likely N-dealkylation sites (N-methyl/N-ethyl adjacent to an activating group) is 1. The van der Waals surface area contributed by atoms with Crippen molar-refractivity contribution in [2.45, 2.75) is 31.7 Å². The number of piperidine rings is 1. The van der Waals surface area contributed by atoms with Crippen LogP contribution in [0.3, 0.4) is 0 Å². The van der Waals surface area contributed by atoms with Gasteiger partial charge in [0.2, 0.25) is 10.0 Å². The summed E-state index contributed by atoms with van der Waals surface area (Å²) in [6.45, 7) is 1.41. The molecule has 0 amide bonds. The molecule has 0 aromatic rings. The fraction of sp³-hybridized carbons (Fsp3) is 0.909. The quantitative estimate of drug-likeness (QED) is 0.690. The van der Waals surface area contributed by atoms with Gasteiger partial charge >= 0.3 is 5.97 Å². The van der Waals surface area contributed by atoms with E-state index in [9.17, 15) is 13.2 Å². The third kappa shape index (κ3) is 4.91. The molecule has 0 radical (unpaired) electrons. The van der Waals surface area contributed by atoms with Gasteiger partial charge in [-0.1, -0.05) is 6.42 Å². The Labute approximate surface area is 109 Å². The first-order valence-electron chi connectivity index (χ1n) is 6.20. The van der Waals surface area contributed by atoms with E-state index in [2.05, 4.69) is 10.1 Å². The molecule has 0 saturated carbocycles. The average molecular weight is 278 g/mol. The van der Waals surface area contributed by atoms with Gasteiger partial charge in [-0.25, -0.2) is 12.7 Å². The number of hydrogen-bond acceptors (Lipinski definition) is 5. The number of nitrogens with one attached hydrogen (secondary N) is 1. The van der Waals surface area contributed by atoms with Crippen molar-refractivity contribution in [2.24, 2.45) is 0 Å². The van der Waals surface area contributed by atoms with Crippen LogP contribution in [0.2, 0.25) is 0 Å². The summed E-state index contributed by atoms with van der Waals surface area (Å²) in [4.78, 5) is 11.0. The van der Waals surface area contributed by atoms with Crippen LogP contribution in [0.5, 0.6) is 0 Å². The van der Waals surface area contributed by atoms with Crippen LogP contribution < -0.4 is 5.32 Å². The number of hydrogen-bond donors (Lipinski definition) is 1. The molecule has 0 aromatic carbocycles.